The van der Waals surface area contributed by atoms with Crippen molar-refractivity contribution in [2.24, 2.45) is 0 Å². The summed E-state index contributed by atoms with van der Waals surface area (Å²) in [5.41, 5.74) is 16.1. The first-order chi connectivity index (χ1) is 11.5. The lowest BCUT2D eigenvalue weighted by Crippen LogP contribution is -2.28. The van der Waals surface area contributed by atoms with Crippen LogP contribution in [0, 0.1) is 0 Å². The SMILES string of the molecule is CCCC1(C)CN(c2ccc3oc(N)nc3c2)c2c(N)ncnc21. The van der Waals surface area contributed by atoms with Crippen LogP contribution in [0.1, 0.15) is 32.4 Å². The highest BCUT2D eigenvalue weighted by molar-refractivity contribution is 5.85. The first-order valence-electron chi connectivity index (χ1n) is 8.06. The molecule has 0 saturated heterocycles. The van der Waals surface area contributed by atoms with E-state index in [2.05, 4.69) is 33.7 Å². The average Bonchev–Trinajstić information content (AvgIpc) is 3.05. The van der Waals surface area contributed by atoms with Gasteiger partial charge in [0.05, 0.1) is 5.69 Å². The van der Waals surface area contributed by atoms with Gasteiger partial charge >= 0.3 is 0 Å². The molecule has 0 bridgehead atoms. The molecule has 0 spiro atoms. The third-order valence-electron chi connectivity index (χ3n) is 4.70. The van der Waals surface area contributed by atoms with E-state index in [1.807, 2.05) is 18.2 Å². The Balaban J connectivity index is 1.86. The van der Waals surface area contributed by atoms with Gasteiger partial charge in [-0.15, -0.1) is 0 Å². The average molecular weight is 324 g/mol. The highest BCUT2D eigenvalue weighted by atomic mass is 16.4. The molecule has 0 amide bonds. The molecule has 2 aromatic heterocycles. The number of fused-ring (bicyclic) bond motifs is 2. The fourth-order valence-corrected chi connectivity index (χ4v) is 3.67. The van der Waals surface area contributed by atoms with Crippen molar-refractivity contribution >= 4 is 34.3 Å². The van der Waals surface area contributed by atoms with Crippen LogP contribution in [-0.2, 0) is 5.41 Å². The molecule has 24 heavy (non-hydrogen) atoms. The van der Waals surface area contributed by atoms with E-state index in [0.29, 0.717) is 11.4 Å². The van der Waals surface area contributed by atoms with Gasteiger partial charge in [0.25, 0.3) is 6.01 Å². The van der Waals surface area contributed by atoms with E-state index in [4.69, 9.17) is 15.9 Å². The molecule has 3 aromatic rings. The summed E-state index contributed by atoms with van der Waals surface area (Å²) in [5, 5.41) is 0. The van der Waals surface area contributed by atoms with Gasteiger partial charge in [-0.2, -0.15) is 4.98 Å². The Morgan fingerprint density at radius 1 is 1.29 bits per heavy atom. The number of nitrogens with zero attached hydrogens (tertiary/aromatic N) is 4. The molecular weight excluding hydrogens is 304 g/mol. The monoisotopic (exact) mass is 324 g/mol. The Kier molecular flexibility index (Phi) is 3.13. The van der Waals surface area contributed by atoms with Crippen LogP contribution in [-0.4, -0.2) is 21.5 Å². The fourth-order valence-electron chi connectivity index (χ4n) is 3.67. The van der Waals surface area contributed by atoms with Crippen LogP contribution in [0.25, 0.3) is 11.1 Å². The van der Waals surface area contributed by atoms with Gasteiger partial charge < -0.3 is 20.8 Å². The third kappa shape index (κ3) is 2.08. The Morgan fingerprint density at radius 3 is 2.92 bits per heavy atom. The van der Waals surface area contributed by atoms with Crippen molar-refractivity contribution in [2.75, 3.05) is 22.9 Å². The summed E-state index contributed by atoms with van der Waals surface area (Å²) in [4.78, 5) is 15.1. The minimum atomic E-state index is -0.0566. The van der Waals surface area contributed by atoms with Gasteiger partial charge in [-0.25, -0.2) is 9.97 Å². The number of oxazole rings is 1. The molecule has 7 heteroatoms. The molecule has 1 unspecified atom stereocenters. The minimum Gasteiger partial charge on any atom is -0.424 e. The summed E-state index contributed by atoms with van der Waals surface area (Å²) in [6.45, 7) is 5.22. The summed E-state index contributed by atoms with van der Waals surface area (Å²) in [6, 6.07) is 6.00. The topological polar surface area (TPSA) is 107 Å². The summed E-state index contributed by atoms with van der Waals surface area (Å²) in [5.74, 6) is 0.500. The highest BCUT2D eigenvalue weighted by Crippen LogP contribution is 2.47. The van der Waals surface area contributed by atoms with Gasteiger partial charge in [-0.05, 0) is 24.6 Å². The predicted molar refractivity (Wildman–Crippen MR) is 94.1 cm³/mol. The van der Waals surface area contributed by atoms with Crippen molar-refractivity contribution < 1.29 is 4.42 Å². The van der Waals surface area contributed by atoms with E-state index in [1.54, 1.807) is 6.33 Å². The number of anilines is 4. The lowest BCUT2D eigenvalue weighted by Gasteiger charge is -2.25. The van der Waals surface area contributed by atoms with Crippen molar-refractivity contribution in [2.45, 2.75) is 32.1 Å². The molecule has 1 aromatic carbocycles. The molecular formula is C17H20N6O. The summed E-state index contributed by atoms with van der Waals surface area (Å²) >= 11 is 0. The molecule has 3 heterocycles. The Bertz CT molecular complexity index is 921. The largest absolute Gasteiger partial charge is 0.424 e. The fraction of sp³-hybridized carbons (Fsp3) is 0.353. The molecule has 4 rings (SSSR count). The third-order valence-corrected chi connectivity index (χ3v) is 4.70. The van der Waals surface area contributed by atoms with Gasteiger partial charge in [0.15, 0.2) is 11.4 Å². The van der Waals surface area contributed by atoms with Crippen molar-refractivity contribution in [1.82, 2.24) is 15.0 Å². The predicted octanol–water partition coefficient (Wildman–Crippen LogP) is 2.99. The molecule has 1 aliphatic heterocycles. The van der Waals surface area contributed by atoms with Crippen molar-refractivity contribution in [1.29, 1.82) is 0 Å². The molecule has 0 radical (unpaired) electrons. The van der Waals surface area contributed by atoms with Gasteiger partial charge in [-0.1, -0.05) is 20.3 Å². The van der Waals surface area contributed by atoms with Gasteiger partial charge in [0, 0.05) is 17.6 Å². The van der Waals surface area contributed by atoms with Crippen LogP contribution in [0.15, 0.2) is 28.9 Å². The molecule has 1 atom stereocenters. The molecule has 0 fully saturated rings. The molecule has 1 aliphatic rings. The molecule has 0 aliphatic carbocycles. The maximum atomic E-state index is 6.19. The van der Waals surface area contributed by atoms with Crippen LogP contribution >= 0.6 is 0 Å². The standard InChI is InChI=1S/C17H20N6O/c1-3-6-17(2)8-23(13-14(17)20-9-21-15(13)18)10-4-5-12-11(7-10)22-16(19)24-12/h4-5,7,9H,3,6,8H2,1-2H3,(H2,19,22)(H2,18,20,21). The first kappa shape index (κ1) is 14.7. The second kappa shape index (κ2) is 5.09. The van der Waals surface area contributed by atoms with E-state index < -0.39 is 0 Å². The Labute approximate surface area is 139 Å². The van der Waals surface area contributed by atoms with Crippen LogP contribution in [0.5, 0.6) is 0 Å². The number of rotatable bonds is 3. The molecule has 4 N–H and O–H groups in total. The zero-order valence-corrected chi connectivity index (χ0v) is 13.8. The van der Waals surface area contributed by atoms with Gasteiger partial charge in [0.2, 0.25) is 0 Å². The number of hydrogen-bond donors (Lipinski definition) is 2. The lowest BCUT2D eigenvalue weighted by molar-refractivity contribution is 0.450. The van der Waals surface area contributed by atoms with Crippen LogP contribution in [0.4, 0.5) is 23.2 Å². The van der Waals surface area contributed by atoms with Gasteiger partial charge in [-0.3, -0.25) is 0 Å². The number of hydrogen-bond acceptors (Lipinski definition) is 7. The first-order valence-corrected chi connectivity index (χ1v) is 8.06. The smallest absolute Gasteiger partial charge is 0.292 e. The highest BCUT2D eigenvalue weighted by Gasteiger charge is 2.42. The molecule has 7 nitrogen and oxygen atoms in total. The van der Waals surface area contributed by atoms with Crippen molar-refractivity contribution in [3.05, 3.63) is 30.2 Å². The number of benzene rings is 1. The second-order valence-corrected chi connectivity index (χ2v) is 6.56. The van der Waals surface area contributed by atoms with E-state index in [-0.39, 0.29) is 11.4 Å². The zero-order chi connectivity index (χ0) is 16.9. The maximum absolute atomic E-state index is 6.19. The summed E-state index contributed by atoms with van der Waals surface area (Å²) < 4.78 is 5.36. The number of nitrogen functional groups attached to an aromatic ring is 2. The quantitative estimate of drug-likeness (QED) is 0.762. The zero-order valence-electron chi connectivity index (χ0n) is 13.8. The van der Waals surface area contributed by atoms with Crippen molar-refractivity contribution in [3.63, 3.8) is 0 Å². The van der Waals surface area contributed by atoms with E-state index in [1.165, 1.54) is 0 Å². The second-order valence-electron chi connectivity index (χ2n) is 6.56. The van der Waals surface area contributed by atoms with E-state index in [0.717, 1.165) is 42.0 Å². The lowest BCUT2D eigenvalue weighted by atomic mass is 9.84. The van der Waals surface area contributed by atoms with E-state index in [9.17, 15) is 0 Å². The minimum absolute atomic E-state index is 0.0566. The van der Waals surface area contributed by atoms with Crippen LogP contribution in [0.3, 0.4) is 0 Å². The van der Waals surface area contributed by atoms with Crippen molar-refractivity contribution in [3.8, 4) is 0 Å². The van der Waals surface area contributed by atoms with E-state index >= 15 is 0 Å². The molecule has 0 saturated carbocycles. The summed E-state index contributed by atoms with van der Waals surface area (Å²) in [6.07, 6.45) is 3.66. The molecule has 124 valence electrons. The number of nitrogens with two attached hydrogens (primary N) is 2. The van der Waals surface area contributed by atoms with Gasteiger partial charge in [0.1, 0.15) is 17.5 Å². The van der Waals surface area contributed by atoms with Crippen LogP contribution < -0.4 is 16.4 Å². The Morgan fingerprint density at radius 2 is 2.12 bits per heavy atom. The van der Waals surface area contributed by atoms with Crippen LogP contribution in [0.2, 0.25) is 0 Å². The maximum Gasteiger partial charge on any atom is 0.292 e. The normalized spacial score (nSPS) is 19.8. The Hall–Kier alpha value is -2.83. The summed E-state index contributed by atoms with van der Waals surface area (Å²) in [7, 11) is 0. The number of aromatic nitrogens is 3.